The maximum absolute atomic E-state index is 12.5. The number of nitrogens with zero attached hydrogens (tertiary/aromatic N) is 4. The fourth-order valence-electron chi connectivity index (χ4n) is 2.07. The molecule has 22 heavy (non-hydrogen) atoms. The SMILES string of the molecule is NCCCc1nn2c(=O)c(Cc3ccccc3Cl)nnc2s1. The molecule has 0 saturated heterocycles. The Morgan fingerprint density at radius 2 is 2.09 bits per heavy atom. The Morgan fingerprint density at radius 3 is 2.86 bits per heavy atom. The molecule has 0 aliphatic rings. The Hall–Kier alpha value is -1.83. The minimum Gasteiger partial charge on any atom is -0.330 e. The molecule has 0 saturated carbocycles. The van der Waals surface area contributed by atoms with Crippen molar-refractivity contribution < 1.29 is 0 Å². The Balaban J connectivity index is 1.96. The van der Waals surface area contributed by atoms with Crippen molar-refractivity contribution in [2.24, 2.45) is 5.73 Å². The average Bonchev–Trinajstić information content (AvgIpc) is 2.94. The minimum atomic E-state index is -0.250. The van der Waals surface area contributed by atoms with E-state index in [1.807, 2.05) is 18.2 Å². The van der Waals surface area contributed by atoms with E-state index in [0.29, 0.717) is 28.6 Å². The molecule has 0 atom stereocenters. The summed E-state index contributed by atoms with van der Waals surface area (Å²) >= 11 is 7.49. The largest absolute Gasteiger partial charge is 0.330 e. The van der Waals surface area contributed by atoms with E-state index in [2.05, 4.69) is 15.3 Å². The number of aryl methyl sites for hydroxylation is 1. The van der Waals surface area contributed by atoms with Crippen molar-refractivity contribution in [3.63, 3.8) is 0 Å². The van der Waals surface area contributed by atoms with Gasteiger partial charge < -0.3 is 5.73 Å². The predicted molar refractivity (Wildman–Crippen MR) is 86.6 cm³/mol. The average molecular weight is 336 g/mol. The van der Waals surface area contributed by atoms with Crippen molar-refractivity contribution in [3.8, 4) is 0 Å². The van der Waals surface area contributed by atoms with Crippen LogP contribution >= 0.6 is 22.9 Å². The van der Waals surface area contributed by atoms with Crippen molar-refractivity contribution in [1.82, 2.24) is 19.8 Å². The number of benzene rings is 1. The first kappa shape index (κ1) is 15.1. The number of hydrogen-bond acceptors (Lipinski definition) is 6. The van der Waals surface area contributed by atoms with Crippen LogP contribution in [0.25, 0.3) is 4.96 Å². The number of hydrogen-bond donors (Lipinski definition) is 1. The van der Waals surface area contributed by atoms with Gasteiger partial charge in [0.05, 0.1) is 0 Å². The molecule has 0 bridgehead atoms. The molecule has 2 N–H and O–H groups in total. The molecule has 0 aliphatic carbocycles. The summed E-state index contributed by atoms with van der Waals surface area (Å²) in [6.07, 6.45) is 1.91. The predicted octanol–water partition coefficient (Wildman–Crippen LogP) is 1.68. The second-order valence-corrected chi connectivity index (χ2v) is 6.25. The van der Waals surface area contributed by atoms with Gasteiger partial charge in [-0.15, -0.1) is 10.2 Å². The van der Waals surface area contributed by atoms with Crippen molar-refractivity contribution in [2.75, 3.05) is 6.54 Å². The highest BCUT2D eigenvalue weighted by atomic mass is 35.5. The maximum Gasteiger partial charge on any atom is 0.297 e. The van der Waals surface area contributed by atoms with Crippen LogP contribution in [-0.4, -0.2) is 26.4 Å². The molecule has 3 aromatic rings. The monoisotopic (exact) mass is 335 g/mol. The summed E-state index contributed by atoms with van der Waals surface area (Å²) in [5.74, 6) is 0. The van der Waals surface area contributed by atoms with Gasteiger partial charge >= 0.3 is 0 Å². The van der Waals surface area contributed by atoms with Gasteiger partial charge in [0.15, 0.2) is 0 Å². The van der Waals surface area contributed by atoms with Crippen LogP contribution in [-0.2, 0) is 12.8 Å². The van der Waals surface area contributed by atoms with Gasteiger partial charge in [-0.2, -0.15) is 9.61 Å². The summed E-state index contributed by atoms with van der Waals surface area (Å²) in [7, 11) is 0. The molecule has 6 nitrogen and oxygen atoms in total. The molecule has 0 spiro atoms. The van der Waals surface area contributed by atoms with E-state index in [1.165, 1.54) is 15.9 Å². The molecule has 2 aromatic heterocycles. The second kappa shape index (κ2) is 6.51. The Labute approximate surface area is 135 Å². The van der Waals surface area contributed by atoms with Crippen molar-refractivity contribution in [2.45, 2.75) is 19.3 Å². The molecule has 2 heterocycles. The van der Waals surface area contributed by atoms with Crippen LogP contribution in [0.15, 0.2) is 29.1 Å². The zero-order valence-electron chi connectivity index (χ0n) is 11.7. The zero-order chi connectivity index (χ0) is 15.5. The number of halogens is 1. The lowest BCUT2D eigenvalue weighted by atomic mass is 10.1. The van der Waals surface area contributed by atoms with Gasteiger partial charge in [0.1, 0.15) is 10.7 Å². The maximum atomic E-state index is 12.5. The fraction of sp³-hybridized carbons (Fsp3) is 0.286. The first-order valence-electron chi connectivity index (χ1n) is 6.87. The normalized spacial score (nSPS) is 11.2. The van der Waals surface area contributed by atoms with Gasteiger partial charge in [-0.25, -0.2) is 0 Å². The Morgan fingerprint density at radius 1 is 1.27 bits per heavy atom. The molecule has 8 heteroatoms. The van der Waals surface area contributed by atoms with E-state index in [4.69, 9.17) is 17.3 Å². The van der Waals surface area contributed by atoms with Gasteiger partial charge in [-0.05, 0) is 24.6 Å². The van der Waals surface area contributed by atoms with Crippen LogP contribution in [0.5, 0.6) is 0 Å². The van der Waals surface area contributed by atoms with E-state index >= 15 is 0 Å². The summed E-state index contributed by atoms with van der Waals surface area (Å²) in [5, 5.41) is 13.9. The first-order valence-corrected chi connectivity index (χ1v) is 8.06. The fourth-order valence-corrected chi connectivity index (χ4v) is 3.15. The third kappa shape index (κ3) is 3.01. The molecule has 0 unspecified atom stereocenters. The highest BCUT2D eigenvalue weighted by Crippen LogP contribution is 2.17. The zero-order valence-corrected chi connectivity index (χ0v) is 13.3. The summed E-state index contributed by atoms with van der Waals surface area (Å²) in [6.45, 7) is 0.592. The third-order valence-electron chi connectivity index (χ3n) is 3.21. The molecular formula is C14H14ClN5OS. The van der Waals surface area contributed by atoms with Crippen LogP contribution in [0, 0.1) is 0 Å². The molecule has 1 aromatic carbocycles. The number of aromatic nitrogens is 4. The van der Waals surface area contributed by atoms with E-state index in [1.54, 1.807) is 6.07 Å². The molecule has 0 fully saturated rings. The lowest BCUT2D eigenvalue weighted by Gasteiger charge is -2.02. The molecule has 0 amide bonds. The van der Waals surface area contributed by atoms with Crippen LogP contribution in [0.2, 0.25) is 5.02 Å². The molecular weight excluding hydrogens is 322 g/mol. The quantitative estimate of drug-likeness (QED) is 0.766. The van der Waals surface area contributed by atoms with Crippen LogP contribution in [0.4, 0.5) is 0 Å². The lowest BCUT2D eigenvalue weighted by molar-refractivity contribution is 0.763. The van der Waals surface area contributed by atoms with Crippen LogP contribution in [0.1, 0.15) is 22.7 Å². The van der Waals surface area contributed by atoms with Gasteiger partial charge in [0.25, 0.3) is 5.56 Å². The minimum absolute atomic E-state index is 0.250. The summed E-state index contributed by atoms with van der Waals surface area (Å²) in [5.41, 5.74) is 6.42. The Bertz CT molecular complexity index is 860. The van der Waals surface area contributed by atoms with E-state index in [0.717, 1.165) is 23.4 Å². The highest BCUT2D eigenvalue weighted by Gasteiger charge is 2.13. The number of nitrogens with two attached hydrogens (primary N) is 1. The van der Waals surface area contributed by atoms with Crippen LogP contribution in [0.3, 0.4) is 0 Å². The van der Waals surface area contributed by atoms with Crippen LogP contribution < -0.4 is 11.3 Å². The van der Waals surface area contributed by atoms with E-state index < -0.39 is 0 Å². The first-order chi connectivity index (χ1) is 10.7. The summed E-state index contributed by atoms with van der Waals surface area (Å²) in [4.78, 5) is 13.0. The molecule has 0 aliphatic heterocycles. The van der Waals surface area contributed by atoms with Crippen molar-refractivity contribution in [3.05, 3.63) is 55.9 Å². The molecule has 114 valence electrons. The summed E-state index contributed by atoms with van der Waals surface area (Å²) in [6, 6.07) is 7.37. The highest BCUT2D eigenvalue weighted by molar-refractivity contribution is 7.16. The van der Waals surface area contributed by atoms with Gasteiger partial charge in [-0.1, -0.05) is 41.1 Å². The van der Waals surface area contributed by atoms with Gasteiger partial charge in [0, 0.05) is 17.9 Å². The lowest BCUT2D eigenvalue weighted by Crippen LogP contribution is -2.22. The summed E-state index contributed by atoms with van der Waals surface area (Å²) < 4.78 is 1.32. The van der Waals surface area contributed by atoms with E-state index in [9.17, 15) is 4.79 Å². The Kier molecular flexibility index (Phi) is 4.47. The third-order valence-corrected chi connectivity index (χ3v) is 4.54. The number of rotatable bonds is 5. The van der Waals surface area contributed by atoms with Crippen molar-refractivity contribution >= 4 is 27.9 Å². The molecule has 0 radical (unpaired) electrons. The second-order valence-electron chi connectivity index (χ2n) is 4.80. The molecule has 3 rings (SSSR count). The van der Waals surface area contributed by atoms with Gasteiger partial charge in [-0.3, -0.25) is 4.79 Å². The standard InChI is InChI=1S/C14H14ClN5OS/c15-10-5-2-1-4-9(10)8-11-13(21)20-14(18-17-11)22-12(19-20)6-3-7-16/h1-2,4-5H,3,6-8,16H2. The van der Waals surface area contributed by atoms with Crippen molar-refractivity contribution in [1.29, 1.82) is 0 Å². The topological polar surface area (TPSA) is 86.2 Å². The number of fused-ring (bicyclic) bond motifs is 1. The van der Waals surface area contributed by atoms with E-state index in [-0.39, 0.29) is 5.56 Å². The smallest absolute Gasteiger partial charge is 0.297 e. The van der Waals surface area contributed by atoms with Gasteiger partial charge in [0.2, 0.25) is 4.96 Å².